The molecule has 2 aromatic rings. The normalized spacial score (nSPS) is 10.9. The smallest absolute Gasteiger partial charge is 0.134 e. The van der Waals surface area contributed by atoms with Crippen LogP contribution in [0.5, 0.6) is 0 Å². The van der Waals surface area contributed by atoms with Gasteiger partial charge in [0.05, 0.1) is 0 Å². The van der Waals surface area contributed by atoms with Gasteiger partial charge in [0.2, 0.25) is 0 Å². The lowest BCUT2D eigenvalue weighted by molar-refractivity contribution is -0.116. The first-order valence-electron chi connectivity index (χ1n) is 5.53. The van der Waals surface area contributed by atoms with Gasteiger partial charge in [0.1, 0.15) is 17.1 Å². The van der Waals surface area contributed by atoms with E-state index in [1.807, 2.05) is 24.3 Å². The molecule has 0 spiro atoms. The Bertz CT molecular complexity index is 533. The minimum atomic E-state index is 0.123. The highest BCUT2D eigenvalue weighted by atomic mass is 19.2. The first-order chi connectivity index (χ1) is 8.19. The number of carbonyl (C=O) groups excluding carboxylic acids is 1. The third-order valence-corrected chi connectivity index (χ3v) is 2.55. The maximum absolute atomic E-state index is 11.8. The Morgan fingerprint density at radius 3 is 2.94 bits per heavy atom. The van der Waals surface area contributed by atoms with Crippen LogP contribution in [-0.4, -0.2) is 12.3 Å². The van der Waals surface area contributed by atoms with Crippen LogP contribution < -0.4 is 5.54 Å². The summed E-state index contributed by atoms with van der Waals surface area (Å²) in [7, 11) is 0. The fourth-order valence-corrected chi connectivity index (χ4v) is 1.82. The Morgan fingerprint density at radius 1 is 1.41 bits per heavy atom. The van der Waals surface area contributed by atoms with E-state index in [0.29, 0.717) is 12.8 Å². The van der Waals surface area contributed by atoms with Crippen LogP contribution in [0.25, 0.3) is 11.0 Å². The van der Waals surface area contributed by atoms with E-state index in [9.17, 15) is 9.28 Å². The lowest BCUT2D eigenvalue weighted by Crippen LogP contribution is -2.04. The van der Waals surface area contributed by atoms with Gasteiger partial charge in [-0.2, -0.15) is 5.54 Å². The summed E-state index contributed by atoms with van der Waals surface area (Å²) in [5.74, 6) is 0.864. The van der Waals surface area contributed by atoms with Crippen molar-refractivity contribution in [3.8, 4) is 0 Å². The molecule has 90 valence electrons. The molecule has 0 bridgehead atoms. The summed E-state index contributed by atoms with van der Waals surface area (Å²) in [6.45, 7) is 1.80. The number of Topliss-reactive ketones (excluding diaryl/α,β-unsaturated/α-hetero) is 1. The number of nitrogens with one attached hydrogen (secondary N) is 1. The zero-order valence-electron chi connectivity index (χ0n) is 9.63. The monoisotopic (exact) mass is 235 g/mol. The van der Waals surface area contributed by atoms with Gasteiger partial charge in [-0.1, -0.05) is 12.1 Å². The molecule has 1 heterocycles. The predicted octanol–water partition coefficient (Wildman–Crippen LogP) is 2.58. The Morgan fingerprint density at radius 2 is 2.24 bits per heavy atom. The fraction of sp³-hybridized carbons (Fsp3) is 0.308. The van der Waals surface area contributed by atoms with E-state index in [2.05, 4.69) is 0 Å². The Kier molecular flexibility index (Phi) is 3.54. The SMILES string of the molecule is CC(=O)Cc1ccc2cc(CCNF)oc2c1. The van der Waals surface area contributed by atoms with Crippen LogP contribution in [0.15, 0.2) is 28.7 Å². The molecule has 0 aliphatic heterocycles. The second-order valence-corrected chi connectivity index (χ2v) is 4.10. The molecular formula is C13H14FNO2. The van der Waals surface area contributed by atoms with E-state index in [4.69, 9.17) is 4.42 Å². The Balaban J connectivity index is 2.24. The number of hydrogen-bond acceptors (Lipinski definition) is 3. The largest absolute Gasteiger partial charge is 0.461 e. The molecule has 0 aliphatic carbocycles. The van der Waals surface area contributed by atoms with Crippen LogP contribution in [0, 0.1) is 0 Å². The van der Waals surface area contributed by atoms with Crippen molar-refractivity contribution in [2.45, 2.75) is 19.8 Å². The molecule has 0 fully saturated rings. The number of ketones is 1. The van der Waals surface area contributed by atoms with Crippen molar-refractivity contribution >= 4 is 16.8 Å². The Hall–Kier alpha value is -1.68. The molecule has 1 aromatic carbocycles. The second kappa shape index (κ2) is 5.10. The third-order valence-electron chi connectivity index (χ3n) is 2.55. The summed E-state index contributed by atoms with van der Waals surface area (Å²) in [4.78, 5) is 11.0. The quantitative estimate of drug-likeness (QED) is 0.810. The number of rotatable bonds is 5. The molecule has 17 heavy (non-hydrogen) atoms. The van der Waals surface area contributed by atoms with Crippen LogP contribution in [-0.2, 0) is 17.6 Å². The molecule has 1 aromatic heterocycles. The summed E-state index contributed by atoms with van der Waals surface area (Å²) in [6, 6.07) is 7.59. The van der Waals surface area contributed by atoms with Crippen molar-refractivity contribution in [2.75, 3.05) is 6.54 Å². The number of furan rings is 1. The van der Waals surface area contributed by atoms with Gasteiger partial charge in [-0.05, 0) is 24.6 Å². The van der Waals surface area contributed by atoms with Crippen LogP contribution in [0.2, 0.25) is 0 Å². The van der Waals surface area contributed by atoms with Crippen molar-refractivity contribution in [2.24, 2.45) is 0 Å². The maximum Gasteiger partial charge on any atom is 0.134 e. The van der Waals surface area contributed by atoms with E-state index < -0.39 is 0 Å². The molecule has 0 atom stereocenters. The van der Waals surface area contributed by atoms with Crippen LogP contribution in [0.1, 0.15) is 18.2 Å². The summed E-state index contributed by atoms with van der Waals surface area (Å²) in [6.07, 6.45) is 0.922. The van der Waals surface area contributed by atoms with Crippen LogP contribution >= 0.6 is 0 Å². The summed E-state index contributed by atoms with van der Waals surface area (Å²) in [5.41, 5.74) is 3.28. The zero-order valence-corrected chi connectivity index (χ0v) is 9.63. The molecule has 3 nitrogen and oxygen atoms in total. The van der Waals surface area contributed by atoms with Crippen molar-refractivity contribution < 1.29 is 13.7 Å². The maximum atomic E-state index is 11.8. The number of fused-ring (bicyclic) bond motifs is 1. The highest BCUT2D eigenvalue weighted by Gasteiger charge is 2.05. The van der Waals surface area contributed by atoms with E-state index in [1.54, 1.807) is 12.5 Å². The molecule has 0 unspecified atom stereocenters. The van der Waals surface area contributed by atoms with Gasteiger partial charge in [0.25, 0.3) is 0 Å². The fourth-order valence-electron chi connectivity index (χ4n) is 1.82. The van der Waals surface area contributed by atoms with Gasteiger partial charge in [0, 0.05) is 24.8 Å². The van der Waals surface area contributed by atoms with Crippen LogP contribution in [0.4, 0.5) is 4.48 Å². The number of carbonyl (C=O) groups is 1. The van der Waals surface area contributed by atoms with Crippen molar-refractivity contribution in [1.82, 2.24) is 5.54 Å². The molecule has 0 aliphatic rings. The second-order valence-electron chi connectivity index (χ2n) is 4.10. The summed E-state index contributed by atoms with van der Waals surface area (Å²) >= 11 is 0. The van der Waals surface area contributed by atoms with Gasteiger partial charge in [-0.15, -0.1) is 4.48 Å². The highest BCUT2D eigenvalue weighted by Crippen LogP contribution is 2.21. The number of hydrogen-bond donors (Lipinski definition) is 1. The van der Waals surface area contributed by atoms with E-state index >= 15 is 0 Å². The number of benzene rings is 1. The predicted molar refractivity (Wildman–Crippen MR) is 63.4 cm³/mol. The topological polar surface area (TPSA) is 42.2 Å². The van der Waals surface area contributed by atoms with E-state index in [-0.39, 0.29) is 12.3 Å². The molecule has 0 saturated carbocycles. The lowest BCUT2D eigenvalue weighted by Gasteiger charge is -1.96. The average molecular weight is 235 g/mol. The van der Waals surface area contributed by atoms with Gasteiger partial charge < -0.3 is 4.42 Å². The molecule has 4 heteroatoms. The molecule has 0 saturated heterocycles. The summed E-state index contributed by atoms with van der Waals surface area (Å²) < 4.78 is 17.4. The minimum Gasteiger partial charge on any atom is -0.461 e. The first-order valence-corrected chi connectivity index (χ1v) is 5.53. The zero-order chi connectivity index (χ0) is 12.3. The molecule has 2 rings (SSSR count). The highest BCUT2D eigenvalue weighted by molar-refractivity contribution is 5.82. The van der Waals surface area contributed by atoms with Gasteiger partial charge in [0.15, 0.2) is 0 Å². The van der Waals surface area contributed by atoms with E-state index in [0.717, 1.165) is 22.3 Å². The van der Waals surface area contributed by atoms with Crippen molar-refractivity contribution in [1.29, 1.82) is 0 Å². The molecular weight excluding hydrogens is 221 g/mol. The standard InChI is InChI=1S/C13H14FNO2/c1-9(16)6-10-2-3-11-8-12(4-5-15-14)17-13(11)7-10/h2-3,7-8,15H,4-6H2,1H3. The molecule has 0 radical (unpaired) electrons. The minimum absolute atomic E-state index is 0.123. The van der Waals surface area contributed by atoms with Crippen molar-refractivity contribution in [3.05, 3.63) is 35.6 Å². The number of halogens is 1. The summed E-state index contributed by atoms with van der Waals surface area (Å²) in [5, 5.41) is 0.978. The molecule has 1 N–H and O–H groups in total. The lowest BCUT2D eigenvalue weighted by atomic mass is 10.1. The third kappa shape index (κ3) is 2.91. The van der Waals surface area contributed by atoms with Gasteiger partial charge >= 0.3 is 0 Å². The Labute approximate surface area is 98.5 Å². The van der Waals surface area contributed by atoms with Gasteiger partial charge in [-0.3, -0.25) is 4.79 Å². The van der Waals surface area contributed by atoms with Crippen LogP contribution in [0.3, 0.4) is 0 Å². The van der Waals surface area contributed by atoms with Gasteiger partial charge in [-0.25, -0.2) is 0 Å². The van der Waals surface area contributed by atoms with E-state index in [1.165, 1.54) is 0 Å². The van der Waals surface area contributed by atoms with Crippen molar-refractivity contribution in [3.63, 3.8) is 0 Å². The average Bonchev–Trinajstić information content (AvgIpc) is 2.67. The molecule has 0 amide bonds. The first kappa shape index (κ1) is 11.8.